The van der Waals surface area contributed by atoms with Gasteiger partial charge in [-0.1, -0.05) is 12.1 Å². The lowest BCUT2D eigenvalue weighted by Crippen LogP contribution is -2.28. The zero-order valence-electron chi connectivity index (χ0n) is 13.4. The molecule has 0 aliphatic heterocycles. The topological polar surface area (TPSA) is 47.8 Å². The van der Waals surface area contributed by atoms with E-state index in [4.69, 9.17) is 0 Å². The third kappa shape index (κ3) is 3.10. The summed E-state index contributed by atoms with van der Waals surface area (Å²) in [7, 11) is 0. The number of para-hydroxylation sites is 1. The Morgan fingerprint density at radius 2 is 1.67 bits per heavy atom. The summed E-state index contributed by atoms with van der Waals surface area (Å²) in [5.74, 6) is -1.78. The second-order valence-corrected chi connectivity index (χ2v) is 6.45. The molecule has 4 aromatic rings. The molecule has 4 rings (SSSR count). The van der Waals surface area contributed by atoms with Gasteiger partial charge in [0.05, 0.1) is 16.6 Å². The van der Waals surface area contributed by atoms with Gasteiger partial charge in [0, 0.05) is 10.9 Å². The first-order chi connectivity index (χ1) is 12.8. The van der Waals surface area contributed by atoms with Gasteiger partial charge in [0.15, 0.2) is 5.13 Å². The van der Waals surface area contributed by atoms with E-state index in [0.29, 0.717) is 15.8 Å². The Bertz CT molecular complexity index is 1200. The van der Waals surface area contributed by atoms with E-state index < -0.39 is 23.4 Å². The van der Waals surface area contributed by atoms with Crippen molar-refractivity contribution >= 4 is 22.2 Å². The zero-order chi connectivity index (χ0) is 19.2. The monoisotopic (exact) mass is 391 g/mol. The van der Waals surface area contributed by atoms with Crippen molar-refractivity contribution in [1.29, 1.82) is 0 Å². The Morgan fingerprint density at radius 3 is 2.37 bits per heavy atom. The van der Waals surface area contributed by atoms with Gasteiger partial charge in [-0.15, -0.1) is 11.3 Å². The van der Waals surface area contributed by atoms with Gasteiger partial charge in [0.25, 0.3) is 5.56 Å². The van der Waals surface area contributed by atoms with Crippen molar-refractivity contribution in [2.45, 2.75) is 6.18 Å². The number of benzene rings is 2. The quantitative estimate of drug-likeness (QED) is 0.467. The van der Waals surface area contributed by atoms with E-state index in [-0.39, 0.29) is 16.0 Å². The van der Waals surface area contributed by atoms with Gasteiger partial charge >= 0.3 is 6.18 Å². The first-order valence-electron chi connectivity index (χ1n) is 7.65. The molecule has 0 amide bonds. The Labute approximate surface area is 153 Å². The molecule has 2 aromatic heterocycles. The maximum Gasteiger partial charge on any atom is 0.450 e. The Balaban J connectivity index is 1.95. The molecule has 0 saturated heterocycles. The van der Waals surface area contributed by atoms with Gasteiger partial charge < -0.3 is 0 Å². The molecule has 2 heterocycles. The van der Waals surface area contributed by atoms with Crippen LogP contribution in [0, 0.1) is 5.82 Å². The van der Waals surface area contributed by atoms with Crippen LogP contribution in [0.1, 0.15) is 5.82 Å². The molecule has 27 heavy (non-hydrogen) atoms. The molecule has 0 bridgehead atoms. The summed E-state index contributed by atoms with van der Waals surface area (Å²) in [6, 6.07) is 11.2. The Kier molecular flexibility index (Phi) is 4.03. The maximum absolute atomic E-state index is 13.5. The molecule has 4 nitrogen and oxygen atoms in total. The molecule has 9 heteroatoms. The van der Waals surface area contributed by atoms with Crippen molar-refractivity contribution in [3.05, 3.63) is 75.9 Å². The molecule has 0 aliphatic carbocycles. The Morgan fingerprint density at radius 1 is 0.963 bits per heavy atom. The third-order valence-electron chi connectivity index (χ3n) is 3.85. The predicted octanol–water partition coefficient (Wildman–Crippen LogP) is 4.67. The van der Waals surface area contributed by atoms with E-state index >= 15 is 0 Å². The maximum atomic E-state index is 13.5. The number of nitrogens with zero attached hydrogens (tertiary/aromatic N) is 3. The van der Waals surface area contributed by atoms with Crippen molar-refractivity contribution in [3.63, 3.8) is 0 Å². The van der Waals surface area contributed by atoms with Gasteiger partial charge in [-0.3, -0.25) is 4.79 Å². The Hall–Kier alpha value is -3.07. The largest absolute Gasteiger partial charge is 0.450 e. The predicted molar refractivity (Wildman–Crippen MR) is 93.4 cm³/mol. The lowest BCUT2D eigenvalue weighted by atomic mass is 10.2. The van der Waals surface area contributed by atoms with E-state index in [1.165, 1.54) is 47.8 Å². The highest BCUT2D eigenvalue weighted by Gasteiger charge is 2.38. The van der Waals surface area contributed by atoms with Crippen molar-refractivity contribution in [1.82, 2.24) is 14.5 Å². The summed E-state index contributed by atoms with van der Waals surface area (Å²) >= 11 is 0.873. The van der Waals surface area contributed by atoms with Gasteiger partial charge in [-0.2, -0.15) is 13.2 Å². The average molecular weight is 391 g/mol. The number of fused-ring (bicyclic) bond motifs is 1. The molecular weight excluding hydrogens is 382 g/mol. The molecule has 0 aliphatic rings. The minimum absolute atomic E-state index is 0.0404. The summed E-state index contributed by atoms with van der Waals surface area (Å²) < 4.78 is 54.1. The van der Waals surface area contributed by atoms with Gasteiger partial charge in [0.1, 0.15) is 5.82 Å². The van der Waals surface area contributed by atoms with E-state index in [2.05, 4.69) is 9.97 Å². The number of aromatic nitrogens is 3. The van der Waals surface area contributed by atoms with E-state index in [1.807, 2.05) is 0 Å². The number of thiazole rings is 1. The van der Waals surface area contributed by atoms with E-state index in [9.17, 15) is 22.4 Å². The van der Waals surface area contributed by atoms with Gasteiger partial charge in [-0.05, 0) is 36.4 Å². The lowest BCUT2D eigenvalue weighted by molar-refractivity contribution is -0.146. The minimum Gasteiger partial charge on any atom is -0.268 e. The molecule has 0 atom stereocenters. The SMILES string of the molecule is O=c1c2ccccc2nc(C(F)(F)F)n1-c1nc(-c2ccc(F)cc2)cs1. The van der Waals surface area contributed by atoms with E-state index in [0.717, 1.165) is 11.3 Å². The number of alkyl halides is 3. The number of halogens is 4. The molecule has 0 fully saturated rings. The molecule has 2 aromatic carbocycles. The summed E-state index contributed by atoms with van der Waals surface area (Å²) in [6.45, 7) is 0. The smallest absolute Gasteiger partial charge is 0.268 e. The number of hydrogen-bond donors (Lipinski definition) is 0. The zero-order valence-corrected chi connectivity index (χ0v) is 14.2. The van der Waals surface area contributed by atoms with Crippen LogP contribution in [0.5, 0.6) is 0 Å². The highest BCUT2D eigenvalue weighted by molar-refractivity contribution is 7.12. The molecule has 0 radical (unpaired) electrons. The van der Waals surface area contributed by atoms with Crippen molar-refractivity contribution in [2.75, 3.05) is 0 Å². The first kappa shape index (κ1) is 17.3. The number of rotatable bonds is 2. The van der Waals surface area contributed by atoms with Crippen LogP contribution in [0.15, 0.2) is 58.7 Å². The summed E-state index contributed by atoms with van der Waals surface area (Å²) in [4.78, 5) is 20.5. The summed E-state index contributed by atoms with van der Waals surface area (Å²) in [5.41, 5.74) is -0.0354. The van der Waals surface area contributed by atoms with Crippen LogP contribution in [-0.2, 0) is 6.18 Å². The summed E-state index contributed by atoms with van der Waals surface area (Å²) in [6.07, 6.45) is -4.84. The second kappa shape index (κ2) is 6.27. The van der Waals surface area contributed by atoms with Crippen LogP contribution in [-0.4, -0.2) is 14.5 Å². The highest BCUT2D eigenvalue weighted by Crippen LogP contribution is 2.31. The molecule has 0 saturated carbocycles. The fourth-order valence-corrected chi connectivity index (χ4v) is 3.45. The normalized spacial score (nSPS) is 11.9. The summed E-state index contributed by atoms with van der Waals surface area (Å²) in [5, 5.41) is 1.40. The molecule has 0 N–H and O–H groups in total. The molecule has 0 unspecified atom stereocenters. The fraction of sp³-hybridized carbons (Fsp3) is 0.0556. The highest BCUT2D eigenvalue weighted by atomic mass is 32.1. The average Bonchev–Trinajstić information content (AvgIpc) is 3.11. The van der Waals surface area contributed by atoms with Crippen molar-refractivity contribution in [2.24, 2.45) is 0 Å². The third-order valence-corrected chi connectivity index (χ3v) is 4.68. The second-order valence-electron chi connectivity index (χ2n) is 5.61. The van der Waals surface area contributed by atoms with Crippen LogP contribution in [0.2, 0.25) is 0 Å². The van der Waals surface area contributed by atoms with Crippen molar-refractivity contribution in [3.8, 4) is 16.4 Å². The van der Waals surface area contributed by atoms with Crippen LogP contribution in [0.25, 0.3) is 27.3 Å². The van der Waals surface area contributed by atoms with Crippen molar-refractivity contribution < 1.29 is 17.6 Å². The molecule has 0 spiro atoms. The lowest BCUT2D eigenvalue weighted by Gasteiger charge is -2.13. The van der Waals surface area contributed by atoms with Gasteiger partial charge in [-0.25, -0.2) is 18.9 Å². The van der Waals surface area contributed by atoms with Crippen LogP contribution in [0.4, 0.5) is 17.6 Å². The first-order valence-corrected chi connectivity index (χ1v) is 8.53. The number of hydrogen-bond acceptors (Lipinski definition) is 4. The fourth-order valence-electron chi connectivity index (χ4n) is 2.62. The molecular formula is C18H9F4N3OS. The molecule has 136 valence electrons. The van der Waals surface area contributed by atoms with Crippen LogP contribution in [0.3, 0.4) is 0 Å². The van der Waals surface area contributed by atoms with Crippen LogP contribution >= 0.6 is 11.3 Å². The minimum atomic E-state index is -4.84. The van der Waals surface area contributed by atoms with Gasteiger partial charge in [0.2, 0.25) is 5.82 Å². The van der Waals surface area contributed by atoms with Crippen LogP contribution < -0.4 is 5.56 Å². The standard InChI is InChI=1S/C18H9F4N3OS/c19-11-7-5-10(6-8-11)14-9-27-17(24-14)25-15(26)12-3-1-2-4-13(12)23-16(25)18(20,21)22/h1-9H. The van der Waals surface area contributed by atoms with E-state index in [1.54, 1.807) is 6.07 Å².